The second-order valence-corrected chi connectivity index (χ2v) is 10.4. The summed E-state index contributed by atoms with van der Waals surface area (Å²) < 4.78 is 26.9. The molecule has 0 aliphatic heterocycles. The lowest BCUT2D eigenvalue weighted by molar-refractivity contribution is 0.256. The number of amides is 2. The van der Waals surface area contributed by atoms with E-state index in [0.29, 0.717) is 28.6 Å². The van der Waals surface area contributed by atoms with Gasteiger partial charge in [0.2, 0.25) is 0 Å². The molecule has 14 heteroatoms. The van der Waals surface area contributed by atoms with E-state index in [4.69, 9.17) is 21.9 Å². The fourth-order valence-electron chi connectivity index (χ4n) is 2.68. The number of hydrogen-bond acceptors (Lipinski definition) is 9. The molecule has 4 N–H and O–H groups in total. The number of thiophene rings is 1. The maximum absolute atomic E-state index is 12.0. The smallest absolute Gasteiger partial charge is 0.325 e. The molecule has 2 amide bonds. The van der Waals surface area contributed by atoms with E-state index >= 15 is 0 Å². The minimum Gasteiger partial charge on any atom is -0.368 e. The summed E-state index contributed by atoms with van der Waals surface area (Å²) in [5, 5.41) is 6.36. The van der Waals surface area contributed by atoms with Gasteiger partial charge in [0.15, 0.2) is 5.13 Å². The van der Waals surface area contributed by atoms with Gasteiger partial charge < -0.3 is 11.1 Å². The van der Waals surface area contributed by atoms with Gasteiger partial charge in [0.25, 0.3) is 10.1 Å². The van der Waals surface area contributed by atoms with Crippen LogP contribution >= 0.6 is 34.3 Å². The molecule has 0 aliphatic rings. The molecule has 3 aromatic heterocycles. The third-order valence-electron chi connectivity index (χ3n) is 3.93. The first-order valence-electron chi connectivity index (χ1n) is 9.26. The Balaban J connectivity index is 0.000000555. The first kappa shape index (κ1) is 24.8. The highest BCUT2D eigenvalue weighted by Crippen LogP contribution is 2.31. The predicted octanol–water partition coefficient (Wildman–Crippen LogP) is 4.18. The molecule has 0 spiro atoms. The normalized spacial score (nSPS) is 11.0. The number of benzene rings is 1. The quantitative estimate of drug-likeness (QED) is 0.316. The Hall–Kier alpha value is -2.84. The minimum atomic E-state index is -3.67. The number of anilines is 3. The molecule has 4 aromatic rings. The van der Waals surface area contributed by atoms with Gasteiger partial charge in [0.05, 0.1) is 22.2 Å². The summed E-state index contributed by atoms with van der Waals surface area (Å²) in [6.45, 7) is 0.680. The first-order chi connectivity index (χ1) is 15.6. The Morgan fingerprint density at radius 1 is 1.27 bits per heavy atom. The second kappa shape index (κ2) is 10.9. The van der Waals surface area contributed by atoms with Gasteiger partial charge >= 0.3 is 6.03 Å². The Morgan fingerprint density at radius 3 is 2.73 bits per heavy atom. The molecule has 4 rings (SSSR count). The van der Waals surface area contributed by atoms with Crippen LogP contribution in [0.2, 0.25) is 5.02 Å². The van der Waals surface area contributed by atoms with Crippen LogP contribution in [-0.4, -0.2) is 46.8 Å². The van der Waals surface area contributed by atoms with Crippen LogP contribution < -0.4 is 16.0 Å². The topological polar surface area (TPSA) is 151 Å². The van der Waals surface area contributed by atoms with E-state index in [2.05, 4.69) is 20.3 Å². The number of aromatic nitrogens is 3. The Bertz CT molecular complexity index is 1350. The van der Waals surface area contributed by atoms with Gasteiger partial charge in [-0.2, -0.15) is 8.42 Å². The molecule has 0 saturated heterocycles. The lowest BCUT2D eigenvalue weighted by atomic mass is 10.3. The molecule has 1 aromatic carbocycles. The Labute approximate surface area is 202 Å². The van der Waals surface area contributed by atoms with Crippen LogP contribution in [0.1, 0.15) is 4.88 Å². The van der Waals surface area contributed by atoms with Crippen molar-refractivity contribution < 1.29 is 17.8 Å². The number of nitrogens with two attached hydrogens (primary N) is 1. The third kappa shape index (κ3) is 7.33. The van der Waals surface area contributed by atoms with E-state index in [0.717, 1.165) is 27.3 Å². The number of fused-ring (bicyclic) bond motifs is 1. The molecular weight excluding hydrogens is 508 g/mol. The summed E-state index contributed by atoms with van der Waals surface area (Å²) in [6.07, 6.45) is 4.75. The molecule has 0 atom stereocenters. The summed E-state index contributed by atoms with van der Waals surface area (Å²) >= 11 is 9.05. The second-order valence-electron chi connectivity index (χ2n) is 6.53. The van der Waals surface area contributed by atoms with Crippen LogP contribution in [0.15, 0.2) is 48.2 Å². The van der Waals surface area contributed by atoms with Crippen LogP contribution in [-0.2, 0) is 16.5 Å². The molecular formula is C19H19ClN6O4S3. The number of nitrogens with one attached hydrogen (secondary N) is 1. The molecule has 33 heavy (non-hydrogen) atoms. The standard InChI is InChI=1S/C18H15ClN6OS2.CH4O3S/c19-11-2-1-3-12(8-11)25(17(20)26)18-22-9-13(28-18)4-6-21-16-15-14(5-7-27-15)23-10-24-16;1-5(2,3)4/h1-3,5,7-10H,4,6H2,(H2,20,26)(H,21,23,24);1H3,(H,2,3,4). The largest absolute Gasteiger partial charge is 0.368 e. The van der Waals surface area contributed by atoms with Crippen LogP contribution in [0.4, 0.5) is 21.4 Å². The monoisotopic (exact) mass is 526 g/mol. The van der Waals surface area contributed by atoms with Crippen molar-refractivity contribution in [2.75, 3.05) is 23.0 Å². The highest BCUT2D eigenvalue weighted by atomic mass is 35.5. The van der Waals surface area contributed by atoms with Crippen LogP contribution in [0.25, 0.3) is 10.2 Å². The predicted molar refractivity (Wildman–Crippen MR) is 132 cm³/mol. The first-order valence-corrected chi connectivity index (χ1v) is 13.2. The zero-order valence-electron chi connectivity index (χ0n) is 17.2. The van der Waals surface area contributed by atoms with Crippen molar-refractivity contribution in [3.05, 3.63) is 58.1 Å². The summed E-state index contributed by atoms with van der Waals surface area (Å²) in [5.74, 6) is 0.822. The van der Waals surface area contributed by atoms with Gasteiger partial charge in [-0.25, -0.2) is 24.6 Å². The van der Waals surface area contributed by atoms with Gasteiger partial charge in [-0.3, -0.25) is 4.55 Å². The highest BCUT2D eigenvalue weighted by Gasteiger charge is 2.19. The lowest BCUT2D eigenvalue weighted by Crippen LogP contribution is -2.31. The van der Waals surface area contributed by atoms with Crippen LogP contribution in [0, 0.1) is 0 Å². The summed E-state index contributed by atoms with van der Waals surface area (Å²) in [7, 11) is -3.67. The molecule has 0 aliphatic carbocycles. The van der Waals surface area contributed by atoms with E-state index in [-0.39, 0.29) is 0 Å². The molecule has 0 bridgehead atoms. The van der Waals surface area contributed by atoms with Crippen LogP contribution in [0.5, 0.6) is 0 Å². The van der Waals surface area contributed by atoms with Crippen molar-refractivity contribution >= 4 is 77.3 Å². The van der Waals surface area contributed by atoms with Crippen molar-refractivity contribution in [3.8, 4) is 0 Å². The number of nitrogens with zero attached hydrogens (tertiary/aromatic N) is 4. The SMILES string of the molecule is CS(=O)(=O)O.NC(=O)N(c1cccc(Cl)c1)c1ncc(CCNc2ncnc3ccsc23)s1. The van der Waals surface area contributed by atoms with Crippen molar-refractivity contribution in [3.63, 3.8) is 0 Å². The Kier molecular flexibility index (Phi) is 8.15. The maximum atomic E-state index is 12.0. The van der Waals surface area contributed by atoms with Gasteiger partial charge in [-0.05, 0) is 29.6 Å². The Morgan fingerprint density at radius 2 is 2.03 bits per heavy atom. The number of thiazole rings is 1. The number of hydrogen-bond donors (Lipinski definition) is 3. The summed E-state index contributed by atoms with van der Waals surface area (Å²) in [6, 6.07) is 8.30. The number of rotatable bonds is 6. The average Bonchev–Trinajstić information content (AvgIpc) is 3.37. The molecule has 0 radical (unpaired) electrons. The van der Waals surface area contributed by atoms with Crippen molar-refractivity contribution in [1.82, 2.24) is 15.0 Å². The molecule has 0 saturated carbocycles. The zero-order valence-corrected chi connectivity index (χ0v) is 20.4. The van der Waals surface area contributed by atoms with Crippen LogP contribution in [0.3, 0.4) is 0 Å². The zero-order chi connectivity index (χ0) is 24.0. The number of carbonyl (C=O) groups excluding carboxylic acids is 1. The number of halogens is 1. The lowest BCUT2D eigenvalue weighted by Gasteiger charge is -2.17. The van der Waals surface area contributed by atoms with Gasteiger partial charge in [0.1, 0.15) is 12.1 Å². The van der Waals surface area contributed by atoms with Crippen molar-refractivity contribution in [2.24, 2.45) is 5.73 Å². The molecule has 174 valence electrons. The molecule has 3 heterocycles. The summed E-state index contributed by atoms with van der Waals surface area (Å²) in [5.41, 5.74) is 7.08. The molecule has 0 unspecified atom stereocenters. The van der Waals surface area contributed by atoms with E-state index < -0.39 is 16.1 Å². The van der Waals surface area contributed by atoms with E-state index in [1.165, 1.54) is 16.2 Å². The highest BCUT2D eigenvalue weighted by molar-refractivity contribution is 7.85. The fourth-order valence-corrected chi connectivity index (χ4v) is 4.61. The van der Waals surface area contributed by atoms with Gasteiger partial charge in [-0.1, -0.05) is 17.7 Å². The minimum absolute atomic E-state index is 0.507. The average molecular weight is 527 g/mol. The van der Waals surface area contributed by atoms with Gasteiger partial charge in [-0.15, -0.1) is 22.7 Å². The molecule has 0 fully saturated rings. The molecule has 10 nitrogen and oxygen atoms in total. The van der Waals surface area contributed by atoms with E-state index in [1.807, 2.05) is 11.4 Å². The maximum Gasteiger partial charge on any atom is 0.325 e. The fraction of sp³-hybridized carbons (Fsp3) is 0.158. The number of primary amides is 1. The van der Waals surface area contributed by atoms with E-state index in [1.54, 1.807) is 48.1 Å². The van der Waals surface area contributed by atoms with Gasteiger partial charge in [0, 0.05) is 29.1 Å². The van der Waals surface area contributed by atoms with Crippen molar-refractivity contribution in [1.29, 1.82) is 0 Å². The third-order valence-corrected chi connectivity index (χ3v) is 6.11. The van der Waals surface area contributed by atoms with E-state index in [9.17, 15) is 13.2 Å². The number of urea groups is 1. The summed E-state index contributed by atoms with van der Waals surface area (Å²) in [4.78, 5) is 27.2. The number of carbonyl (C=O) groups is 1. The van der Waals surface area contributed by atoms with Crippen molar-refractivity contribution in [2.45, 2.75) is 6.42 Å².